The van der Waals surface area contributed by atoms with Gasteiger partial charge in [-0.1, -0.05) is 12.2 Å². The largest absolute Gasteiger partial charge is 0.493 e. The molecule has 4 aromatic rings. The van der Waals surface area contributed by atoms with E-state index in [1.165, 1.54) is 18.4 Å². The maximum absolute atomic E-state index is 6.22. The number of likely N-dealkylation sites (tertiary alicyclic amines) is 1. The standard InChI is InChI=1S/C28H28N2O4/c1-18-16-30(17-28(18)7-8-28)10-11-32-27-15-23-22(14-26(27)31-3)24(6-9-29-23)34-21-5-4-20-12-19(2)33-25(20)13-21/h4-6,9,12-15H,1,7-8,10-11,16-17H2,2-3H3. The molecular weight excluding hydrogens is 428 g/mol. The molecule has 2 fully saturated rings. The Morgan fingerprint density at radius 3 is 2.76 bits per heavy atom. The summed E-state index contributed by atoms with van der Waals surface area (Å²) in [6.45, 7) is 9.75. The van der Waals surface area contributed by atoms with Gasteiger partial charge >= 0.3 is 0 Å². The van der Waals surface area contributed by atoms with Crippen LogP contribution in [0.15, 0.2) is 65.2 Å². The molecule has 1 spiro atoms. The number of furan rings is 1. The molecule has 0 radical (unpaired) electrons. The molecule has 2 aromatic heterocycles. The summed E-state index contributed by atoms with van der Waals surface area (Å²) >= 11 is 0. The van der Waals surface area contributed by atoms with Crippen LogP contribution in [0.4, 0.5) is 0 Å². The molecule has 0 amide bonds. The van der Waals surface area contributed by atoms with Crippen molar-refractivity contribution in [1.82, 2.24) is 9.88 Å². The number of ether oxygens (including phenoxy) is 3. The van der Waals surface area contributed by atoms with Gasteiger partial charge in [0.25, 0.3) is 0 Å². The third kappa shape index (κ3) is 3.78. The highest BCUT2D eigenvalue weighted by atomic mass is 16.5. The van der Waals surface area contributed by atoms with Crippen LogP contribution in [0.5, 0.6) is 23.0 Å². The van der Waals surface area contributed by atoms with E-state index in [2.05, 4.69) is 16.5 Å². The second-order valence-corrected chi connectivity index (χ2v) is 9.43. The first kappa shape index (κ1) is 21.1. The highest BCUT2D eigenvalue weighted by Crippen LogP contribution is 2.55. The SMILES string of the molecule is C=C1CN(CCOc2cc3nccc(Oc4ccc5cc(C)oc5c4)c3cc2OC)CC12CC2. The minimum atomic E-state index is 0.404. The van der Waals surface area contributed by atoms with E-state index in [0.717, 1.165) is 47.3 Å². The van der Waals surface area contributed by atoms with Crippen LogP contribution in [-0.4, -0.2) is 43.2 Å². The fourth-order valence-electron chi connectivity index (χ4n) is 4.96. The van der Waals surface area contributed by atoms with Crippen LogP contribution < -0.4 is 14.2 Å². The average molecular weight is 457 g/mol. The van der Waals surface area contributed by atoms with E-state index in [0.29, 0.717) is 35.0 Å². The fourth-order valence-corrected chi connectivity index (χ4v) is 4.96. The summed E-state index contributed by atoms with van der Waals surface area (Å²) < 4.78 is 23.8. The topological polar surface area (TPSA) is 57.0 Å². The van der Waals surface area contributed by atoms with Crippen molar-refractivity contribution >= 4 is 21.9 Å². The number of aromatic nitrogens is 1. The number of fused-ring (bicyclic) bond motifs is 2. The first-order valence-electron chi connectivity index (χ1n) is 11.7. The van der Waals surface area contributed by atoms with E-state index in [-0.39, 0.29) is 0 Å². The van der Waals surface area contributed by atoms with Crippen LogP contribution >= 0.6 is 0 Å². The van der Waals surface area contributed by atoms with Gasteiger partial charge in [-0.2, -0.15) is 0 Å². The Morgan fingerprint density at radius 2 is 1.97 bits per heavy atom. The Balaban J connectivity index is 1.21. The molecule has 1 aliphatic carbocycles. The lowest BCUT2D eigenvalue weighted by Crippen LogP contribution is -2.26. The molecule has 6 nitrogen and oxygen atoms in total. The van der Waals surface area contributed by atoms with Crippen LogP contribution in [0.1, 0.15) is 18.6 Å². The van der Waals surface area contributed by atoms with E-state index in [9.17, 15) is 0 Å². The van der Waals surface area contributed by atoms with Gasteiger partial charge in [0, 0.05) is 54.2 Å². The molecule has 3 heterocycles. The summed E-state index contributed by atoms with van der Waals surface area (Å²) in [6.07, 6.45) is 4.31. The number of methoxy groups -OCH3 is 1. The molecule has 6 rings (SSSR count). The molecule has 1 saturated heterocycles. The Morgan fingerprint density at radius 1 is 1.09 bits per heavy atom. The van der Waals surface area contributed by atoms with Crippen LogP contribution in [0.2, 0.25) is 0 Å². The van der Waals surface area contributed by atoms with Crippen molar-refractivity contribution in [2.45, 2.75) is 19.8 Å². The van der Waals surface area contributed by atoms with Crippen molar-refractivity contribution in [2.75, 3.05) is 33.4 Å². The van der Waals surface area contributed by atoms with Gasteiger partial charge in [0.05, 0.1) is 12.6 Å². The summed E-state index contributed by atoms with van der Waals surface area (Å²) in [4.78, 5) is 6.97. The molecule has 34 heavy (non-hydrogen) atoms. The van der Waals surface area contributed by atoms with E-state index >= 15 is 0 Å². The van der Waals surface area contributed by atoms with Crippen LogP contribution in [0.3, 0.4) is 0 Å². The highest BCUT2D eigenvalue weighted by Gasteiger charge is 2.50. The first-order valence-corrected chi connectivity index (χ1v) is 11.7. The molecule has 1 saturated carbocycles. The second-order valence-electron chi connectivity index (χ2n) is 9.43. The van der Waals surface area contributed by atoms with E-state index in [1.54, 1.807) is 13.3 Å². The van der Waals surface area contributed by atoms with Crippen molar-refractivity contribution in [3.63, 3.8) is 0 Å². The zero-order chi connectivity index (χ0) is 23.3. The zero-order valence-corrected chi connectivity index (χ0v) is 19.6. The lowest BCUT2D eigenvalue weighted by atomic mass is 10.0. The van der Waals surface area contributed by atoms with Crippen molar-refractivity contribution in [3.05, 3.63) is 66.6 Å². The Hall–Kier alpha value is -3.51. The lowest BCUT2D eigenvalue weighted by molar-refractivity contribution is 0.225. The van der Waals surface area contributed by atoms with Gasteiger partial charge in [-0.3, -0.25) is 9.88 Å². The number of pyridine rings is 1. The van der Waals surface area contributed by atoms with Gasteiger partial charge in [-0.15, -0.1) is 0 Å². The number of aryl methyl sites for hydroxylation is 1. The van der Waals surface area contributed by atoms with Gasteiger partial charge in [-0.05, 0) is 50.1 Å². The molecule has 2 aliphatic rings. The van der Waals surface area contributed by atoms with Gasteiger partial charge in [0.15, 0.2) is 11.5 Å². The number of hydrogen-bond donors (Lipinski definition) is 0. The normalized spacial score (nSPS) is 17.1. The molecule has 0 atom stereocenters. The van der Waals surface area contributed by atoms with E-state index < -0.39 is 0 Å². The highest BCUT2D eigenvalue weighted by molar-refractivity contribution is 5.88. The number of rotatable bonds is 7. The molecule has 0 N–H and O–H groups in total. The minimum absolute atomic E-state index is 0.404. The molecule has 0 unspecified atom stereocenters. The zero-order valence-electron chi connectivity index (χ0n) is 19.6. The smallest absolute Gasteiger partial charge is 0.163 e. The van der Waals surface area contributed by atoms with Crippen LogP contribution in [-0.2, 0) is 0 Å². The number of nitrogens with zero attached hydrogens (tertiary/aromatic N) is 2. The second kappa shape index (κ2) is 8.06. The van der Waals surface area contributed by atoms with Gasteiger partial charge < -0.3 is 18.6 Å². The van der Waals surface area contributed by atoms with Gasteiger partial charge in [0.1, 0.15) is 29.4 Å². The maximum atomic E-state index is 6.22. The van der Waals surface area contributed by atoms with Crippen molar-refractivity contribution in [2.24, 2.45) is 5.41 Å². The Bertz CT molecular complexity index is 1400. The van der Waals surface area contributed by atoms with Gasteiger partial charge in [0.2, 0.25) is 0 Å². The maximum Gasteiger partial charge on any atom is 0.163 e. The van der Waals surface area contributed by atoms with Crippen LogP contribution in [0, 0.1) is 12.3 Å². The Kier molecular flexibility index (Phi) is 4.99. The summed E-state index contributed by atoms with van der Waals surface area (Å²) in [5.74, 6) is 3.62. The number of hydrogen-bond acceptors (Lipinski definition) is 6. The quantitative estimate of drug-likeness (QED) is 0.312. The average Bonchev–Trinajstić information content (AvgIpc) is 3.41. The molecule has 2 aromatic carbocycles. The molecule has 174 valence electrons. The summed E-state index contributed by atoms with van der Waals surface area (Å²) in [7, 11) is 1.65. The fraction of sp³-hybridized carbons (Fsp3) is 0.321. The van der Waals surface area contributed by atoms with Crippen molar-refractivity contribution in [1.29, 1.82) is 0 Å². The molecule has 0 bridgehead atoms. The lowest BCUT2D eigenvalue weighted by Gasteiger charge is -2.17. The van der Waals surface area contributed by atoms with Gasteiger partial charge in [-0.25, -0.2) is 0 Å². The van der Waals surface area contributed by atoms with E-state index in [1.807, 2.05) is 49.4 Å². The van der Waals surface area contributed by atoms with E-state index in [4.69, 9.17) is 18.6 Å². The number of benzene rings is 2. The summed E-state index contributed by atoms with van der Waals surface area (Å²) in [6, 6.07) is 13.6. The van der Waals surface area contributed by atoms with Crippen molar-refractivity contribution in [3.8, 4) is 23.0 Å². The first-order chi connectivity index (χ1) is 16.5. The molecule has 1 aliphatic heterocycles. The third-order valence-electron chi connectivity index (χ3n) is 7.04. The minimum Gasteiger partial charge on any atom is -0.493 e. The third-order valence-corrected chi connectivity index (χ3v) is 7.04. The summed E-state index contributed by atoms with van der Waals surface area (Å²) in [5.41, 5.74) is 3.38. The molecular formula is C28H28N2O4. The van der Waals surface area contributed by atoms with Crippen LogP contribution in [0.25, 0.3) is 21.9 Å². The Labute approximate surface area is 198 Å². The predicted octanol–water partition coefficient (Wildman–Crippen LogP) is 6.12. The monoisotopic (exact) mass is 456 g/mol. The predicted molar refractivity (Wildman–Crippen MR) is 132 cm³/mol. The molecule has 6 heteroatoms. The van der Waals surface area contributed by atoms with Crippen molar-refractivity contribution < 1.29 is 18.6 Å². The summed E-state index contributed by atoms with van der Waals surface area (Å²) in [5, 5.41) is 1.91.